The van der Waals surface area contributed by atoms with Gasteiger partial charge in [0.05, 0.1) is 5.69 Å². The molecule has 0 saturated carbocycles. The molecular weight excluding hydrogens is 190 g/mol. The van der Waals surface area contributed by atoms with E-state index in [0.29, 0.717) is 0 Å². The maximum absolute atomic E-state index is 5.71. The molecule has 2 N–H and O–H groups in total. The minimum atomic E-state index is 0.958. The second-order valence-electron chi connectivity index (χ2n) is 4.23. The van der Waals surface area contributed by atoms with Crippen LogP contribution in [0.2, 0.25) is 0 Å². The zero-order chi connectivity index (χ0) is 10.8. The van der Waals surface area contributed by atoms with Gasteiger partial charge in [0.2, 0.25) is 0 Å². The molecule has 0 bridgehead atoms. The van der Waals surface area contributed by atoms with E-state index in [0.717, 1.165) is 38.4 Å². The average Bonchev–Trinajstić information content (AvgIpc) is 2.49. The smallest absolute Gasteiger partial charge is 0.0638 e. The molecule has 1 saturated heterocycles. The van der Waals surface area contributed by atoms with Crippen LogP contribution >= 0.6 is 0 Å². The van der Waals surface area contributed by atoms with E-state index in [9.17, 15) is 0 Å². The molecule has 15 heavy (non-hydrogen) atoms. The van der Waals surface area contributed by atoms with E-state index < -0.39 is 0 Å². The number of nitrogens with zero attached hydrogens (tertiary/aromatic N) is 4. The van der Waals surface area contributed by atoms with E-state index in [1.54, 1.807) is 0 Å². The van der Waals surface area contributed by atoms with Gasteiger partial charge in [-0.1, -0.05) is 0 Å². The Morgan fingerprint density at radius 2 is 2.00 bits per heavy atom. The highest BCUT2D eigenvalue weighted by molar-refractivity contribution is 5.15. The first-order chi connectivity index (χ1) is 7.15. The monoisotopic (exact) mass is 209 g/mol. The van der Waals surface area contributed by atoms with Crippen molar-refractivity contribution in [1.29, 1.82) is 0 Å². The van der Waals surface area contributed by atoms with Crippen LogP contribution in [0.15, 0.2) is 6.20 Å². The van der Waals surface area contributed by atoms with Crippen molar-refractivity contribution in [3.05, 3.63) is 17.5 Å². The molecule has 0 radical (unpaired) electrons. The SMILES string of the molecule is Cc1nn(C)cc1CN1CCN(N)CC1. The van der Waals surface area contributed by atoms with Gasteiger partial charge >= 0.3 is 0 Å². The van der Waals surface area contributed by atoms with Crippen LogP contribution in [0.4, 0.5) is 0 Å². The van der Waals surface area contributed by atoms with E-state index >= 15 is 0 Å². The number of piperazine rings is 1. The summed E-state index contributed by atoms with van der Waals surface area (Å²) in [5.74, 6) is 5.71. The van der Waals surface area contributed by atoms with Crippen molar-refractivity contribution in [2.24, 2.45) is 12.9 Å². The summed E-state index contributed by atoms with van der Waals surface area (Å²) in [7, 11) is 1.97. The van der Waals surface area contributed by atoms with Crippen molar-refractivity contribution < 1.29 is 0 Å². The van der Waals surface area contributed by atoms with Crippen LogP contribution in [0.5, 0.6) is 0 Å². The molecule has 2 rings (SSSR count). The summed E-state index contributed by atoms with van der Waals surface area (Å²) >= 11 is 0. The lowest BCUT2D eigenvalue weighted by atomic mass is 10.2. The fourth-order valence-electron chi connectivity index (χ4n) is 1.97. The molecule has 2 heterocycles. The fraction of sp³-hybridized carbons (Fsp3) is 0.700. The molecule has 0 spiro atoms. The van der Waals surface area contributed by atoms with Gasteiger partial charge in [-0.05, 0) is 6.92 Å². The lowest BCUT2D eigenvalue weighted by molar-refractivity contribution is 0.128. The van der Waals surface area contributed by atoms with Crippen molar-refractivity contribution in [2.45, 2.75) is 13.5 Å². The Balaban J connectivity index is 1.94. The van der Waals surface area contributed by atoms with Crippen LogP contribution in [0, 0.1) is 6.92 Å². The first-order valence-electron chi connectivity index (χ1n) is 5.36. The lowest BCUT2D eigenvalue weighted by Gasteiger charge is -2.31. The number of aromatic nitrogens is 2. The van der Waals surface area contributed by atoms with Gasteiger partial charge in [-0.15, -0.1) is 0 Å². The van der Waals surface area contributed by atoms with Crippen molar-refractivity contribution in [1.82, 2.24) is 19.7 Å². The quantitative estimate of drug-likeness (QED) is 0.681. The summed E-state index contributed by atoms with van der Waals surface area (Å²) in [6, 6.07) is 0. The molecule has 0 aromatic carbocycles. The number of nitrogens with two attached hydrogens (primary N) is 1. The normalized spacial score (nSPS) is 19.7. The van der Waals surface area contributed by atoms with E-state index in [4.69, 9.17) is 5.84 Å². The van der Waals surface area contributed by atoms with E-state index in [1.807, 2.05) is 16.7 Å². The summed E-state index contributed by atoms with van der Waals surface area (Å²) in [6.45, 7) is 7.07. The summed E-state index contributed by atoms with van der Waals surface area (Å²) in [4.78, 5) is 2.42. The maximum atomic E-state index is 5.71. The van der Waals surface area contributed by atoms with Gasteiger partial charge in [0.25, 0.3) is 0 Å². The van der Waals surface area contributed by atoms with Gasteiger partial charge < -0.3 is 0 Å². The molecule has 0 aliphatic carbocycles. The number of rotatable bonds is 2. The molecule has 1 aliphatic rings. The third-order valence-electron chi connectivity index (χ3n) is 2.92. The van der Waals surface area contributed by atoms with Crippen LogP contribution in [0.1, 0.15) is 11.3 Å². The predicted octanol–water partition coefficient (Wildman–Crippen LogP) is -0.280. The summed E-state index contributed by atoms with van der Waals surface area (Å²) in [5, 5.41) is 6.23. The van der Waals surface area contributed by atoms with E-state index in [1.165, 1.54) is 5.56 Å². The van der Waals surface area contributed by atoms with Gasteiger partial charge in [0.15, 0.2) is 0 Å². The molecule has 0 unspecified atom stereocenters. The highest BCUT2D eigenvalue weighted by Crippen LogP contribution is 2.10. The lowest BCUT2D eigenvalue weighted by Crippen LogP contribution is -2.48. The Morgan fingerprint density at radius 3 is 2.53 bits per heavy atom. The molecule has 1 aromatic heterocycles. The Kier molecular flexibility index (Phi) is 3.04. The maximum Gasteiger partial charge on any atom is 0.0638 e. The van der Waals surface area contributed by atoms with Crippen LogP contribution in [0.3, 0.4) is 0 Å². The third-order valence-corrected chi connectivity index (χ3v) is 2.92. The van der Waals surface area contributed by atoms with Gasteiger partial charge in [0.1, 0.15) is 0 Å². The highest BCUT2D eigenvalue weighted by Gasteiger charge is 2.15. The van der Waals surface area contributed by atoms with Crippen molar-refractivity contribution >= 4 is 0 Å². The topological polar surface area (TPSA) is 50.3 Å². The largest absolute Gasteiger partial charge is 0.296 e. The van der Waals surface area contributed by atoms with E-state index in [-0.39, 0.29) is 0 Å². The Labute approximate surface area is 90.4 Å². The molecule has 1 aliphatic heterocycles. The number of hydrazine groups is 1. The molecular formula is C10H19N5. The fourth-order valence-corrected chi connectivity index (χ4v) is 1.97. The van der Waals surface area contributed by atoms with E-state index in [2.05, 4.69) is 23.1 Å². The van der Waals surface area contributed by atoms with Crippen LogP contribution < -0.4 is 5.84 Å². The minimum Gasteiger partial charge on any atom is -0.296 e. The highest BCUT2D eigenvalue weighted by atomic mass is 15.4. The second-order valence-corrected chi connectivity index (χ2v) is 4.23. The summed E-state index contributed by atoms with van der Waals surface area (Å²) in [6.07, 6.45) is 2.10. The molecule has 5 nitrogen and oxygen atoms in total. The predicted molar refractivity (Wildman–Crippen MR) is 59.0 cm³/mol. The number of hydrogen-bond acceptors (Lipinski definition) is 4. The standard InChI is InChI=1S/C10H19N5/c1-9-10(7-13(2)12-9)8-14-3-5-15(11)6-4-14/h7H,3-6,8,11H2,1-2H3. The summed E-state index contributed by atoms with van der Waals surface area (Å²) < 4.78 is 1.88. The molecule has 1 aromatic rings. The van der Waals surface area contributed by atoms with Crippen molar-refractivity contribution in [3.63, 3.8) is 0 Å². The Hall–Kier alpha value is -0.910. The Morgan fingerprint density at radius 1 is 1.33 bits per heavy atom. The van der Waals surface area contributed by atoms with Crippen LogP contribution in [-0.2, 0) is 13.6 Å². The zero-order valence-corrected chi connectivity index (χ0v) is 9.48. The number of aryl methyl sites for hydroxylation is 2. The molecule has 0 atom stereocenters. The third kappa shape index (κ3) is 2.56. The number of hydrogen-bond donors (Lipinski definition) is 1. The minimum absolute atomic E-state index is 0.958. The van der Waals surface area contributed by atoms with Gasteiger partial charge in [-0.25, -0.2) is 5.01 Å². The molecule has 1 fully saturated rings. The summed E-state index contributed by atoms with van der Waals surface area (Å²) in [5.41, 5.74) is 2.45. The van der Waals surface area contributed by atoms with Gasteiger partial charge in [-0.2, -0.15) is 5.10 Å². The second kappa shape index (κ2) is 4.30. The zero-order valence-electron chi connectivity index (χ0n) is 9.48. The van der Waals surface area contributed by atoms with Crippen LogP contribution in [-0.4, -0.2) is 45.9 Å². The van der Waals surface area contributed by atoms with Crippen molar-refractivity contribution in [3.8, 4) is 0 Å². The average molecular weight is 209 g/mol. The van der Waals surface area contributed by atoms with Gasteiger partial charge in [0, 0.05) is 51.5 Å². The molecule has 84 valence electrons. The van der Waals surface area contributed by atoms with Crippen molar-refractivity contribution in [2.75, 3.05) is 26.2 Å². The molecule has 0 amide bonds. The molecule has 5 heteroatoms. The first-order valence-corrected chi connectivity index (χ1v) is 5.36. The van der Waals surface area contributed by atoms with Crippen LogP contribution in [0.25, 0.3) is 0 Å². The van der Waals surface area contributed by atoms with Gasteiger partial charge in [-0.3, -0.25) is 15.4 Å². The first kappa shape index (κ1) is 10.6. The Bertz CT molecular complexity index is 325.